The summed E-state index contributed by atoms with van der Waals surface area (Å²) in [5.41, 5.74) is 0.861. The Morgan fingerprint density at radius 1 is 1.37 bits per heavy atom. The predicted octanol–water partition coefficient (Wildman–Crippen LogP) is 2.78. The number of hydrogen-bond acceptors (Lipinski definition) is 4. The zero-order chi connectivity index (χ0) is 14.0. The molecule has 1 heterocycles. The van der Waals surface area contributed by atoms with Crippen molar-refractivity contribution >= 4 is 49.6 Å². The molecule has 0 aliphatic heterocycles. The SMILES string of the molecule is O=S(=O)(Nc1ccc(F)cc1I)c1cc(CO)cs1. The largest absolute Gasteiger partial charge is 0.392 e. The average Bonchev–Trinajstić information content (AvgIpc) is 2.82. The molecule has 1 aromatic heterocycles. The van der Waals surface area contributed by atoms with Crippen LogP contribution in [0.5, 0.6) is 0 Å². The molecule has 2 N–H and O–H groups in total. The third-order valence-corrected chi connectivity index (χ3v) is 6.00. The van der Waals surface area contributed by atoms with Crippen LogP contribution in [-0.2, 0) is 16.6 Å². The highest BCUT2D eigenvalue weighted by atomic mass is 127. The Labute approximate surface area is 127 Å². The number of hydrogen-bond donors (Lipinski definition) is 2. The molecule has 102 valence electrons. The maximum Gasteiger partial charge on any atom is 0.271 e. The van der Waals surface area contributed by atoms with Gasteiger partial charge in [0.1, 0.15) is 10.0 Å². The average molecular weight is 413 g/mol. The highest BCUT2D eigenvalue weighted by Gasteiger charge is 2.18. The fourth-order valence-electron chi connectivity index (χ4n) is 1.34. The van der Waals surface area contributed by atoms with Crippen LogP contribution in [0, 0.1) is 9.39 Å². The number of halogens is 2. The minimum atomic E-state index is -3.71. The Bertz CT molecular complexity index is 700. The van der Waals surface area contributed by atoms with E-state index >= 15 is 0 Å². The van der Waals surface area contributed by atoms with E-state index in [2.05, 4.69) is 4.72 Å². The molecule has 0 aliphatic carbocycles. The standard InChI is InChI=1S/C11H9FINO3S2/c12-8-1-2-10(9(13)4-8)14-19(16,17)11-3-7(5-15)6-18-11/h1-4,6,14-15H,5H2. The third kappa shape index (κ3) is 3.44. The number of aliphatic hydroxyl groups excluding tert-OH is 1. The van der Waals surface area contributed by atoms with Gasteiger partial charge in [-0.1, -0.05) is 0 Å². The summed E-state index contributed by atoms with van der Waals surface area (Å²) >= 11 is 2.88. The van der Waals surface area contributed by atoms with Crippen molar-refractivity contribution in [2.75, 3.05) is 4.72 Å². The lowest BCUT2D eigenvalue weighted by Gasteiger charge is -2.08. The van der Waals surface area contributed by atoms with Gasteiger partial charge in [0, 0.05) is 3.57 Å². The third-order valence-electron chi connectivity index (χ3n) is 2.25. The number of thiophene rings is 1. The van der Waals surface area contributed by atoms with E-state index in [1.54, 1.807) is 5.38 Å². The van der Waals surface area contributed by atoms with E-state index in [0.29, 0.717) is 14.8 Å². The Kier molecular flexibility index (Phi) is 4.43. The number of rotatable bonds is 4. The van der Waals surface area contributed by atoms with Gasteiger partial charge in [0.15, 0.2) is 0 Å². The van der Waals surface area contributed by atoms with Crippen molar-refractivity contribution in [3.05, 3.63) is 44.6 Å². The van der Waals surface area contributed by atoms with Crippen LogP contribution < -0.4 is 4.72 Å². The zero-order valence-electron chi connectivity index (χ0n) is 9.43. The monoisotopic (exact) mass is 413 g/mol. The maximum atomic E-state index is 12.9. The molecule has 0 saturated heterocycles. The van der Waals surface area contributed by atoms with E-state index < -0.39 is 15.8 Å². The molecule has 2 aromatic rings. The van der Waals surface area contributed by atoms with Gasteiger partial charge in [-0.05, 0) is 57.8 Å². The molecule has 0 unspecified atom stereocenters. The fraction of sp³-hybridized carbons (Fsp3) is 0.0909. The Morgan fingerprint density at radius 3 is 2.68 bits per heavy atom. The number of sulfonamides is 1. The second-order valence-electron chi connectivity index (χ2n) is 3.66. The van der Waals surface area contributed by atoms with Crippen LogP contribution in [0.1, 0.15) is 5.56 Å². The summed E-state index contributed by atoms with van der Waals surface area (Å²) in [6.07, 6.45) is 0. The normalized spacial score (nSPS) is 11.5. The topological polar surface area (TPSA) is 66.4 Å². The molecule has 0 spiro atoms. The number of nitrogens with one attached hydrogen (secondary N) is 1. The molecule has 8 heteroatoms. The molecular formula is C11H9FINO3S2. The molecule has 19 heavy (non-hydrogen) atoms. The van der Waals surface area contributed by atoms with Gasteiger partial charge < -0.3 is 5.11 Å². The molecule has 0 atom stereocenters. The van der Waals surface area contributed by atoms with Crippen molar-refractivity contribution in [3.63, 3.8) is 0 Å². The predicted molar refractivity (Wildman–Crippen MR) is 80.2 cm³/mol. The fourth-order valence-corrected chi connectivity index (χ4v) is 4.42. The summed E-state index contributed by atoms with van der Waals surface area (Å²) in [6.45, 7) is -0.208. The van der Waals surface area contributed by atoms with Crippen molar-refractivity contribution in [1.29, 1.82) is 0 Å². The van der Waals surface area contributed by atoms with E-state index in [1.165, 1.54) is 24.3 Å². The van der Waals surface area contributed by atoms with Crippen LogP contribution in [0.3, 0.4) is 0 Å². The van der Waals surface area contributed by atoms with Gasteiger partial charge in [0.05, 0.1) is 12.3 Å². The minimum Gasteiger partial charge on any atom is -0.392 e. The molecule has 2 rings (SSSR count). The van der Waals surface area contributed by atoms with E-state index in [1.807, 2.05) is 22.6 Å². The summed E-state index contributed by atoms with van der Waals surface area (Å²) in [6, 6.07) is 5.21. The van der Waals surface area contributed by atoms with E-state index in [9.17, 15) is 12.8 Å². The molecule has 0 bridgehead atoms. The van der Waals surface area contributed by atoms with Crippen molar-refractivity contribution in [2.45, 2.75) is 10.8 Å². The van der Waals surface area contributed by atoms with Crippen LogP contribution >= 0.6 is 33.9 Å². The van der Waals surface area contributed by atoms with Crippen LogP contribution in [-0.4, -0.2) is 13.5 Å². The van der Waals surface area contributed by atoms with Crippen LogP contribution in [0.2, 0.25) is 0 Å². The van der Waals surface area contributed by atoms with E-state index in [4.69, 9.17) is 5.11 Å². The zero-order valence-corrected chi connectivity index (χ0v) is 13.2. The quantitative estimate of drug-likeness (QED) is 0.758. The first kappa shape index (κ1) is 14.7. The van der Waals surface area contributed by atoms with Gasteiger partial charge in [0.25, 0.3) is 10.0 Å². The van der Waals surface area contributed by atoms with Crippen molar-refractivity contribution < 1.29 is 17.9 Å². The molecular weight excluding hydrogens is 404 g/mol. The lowest BCUT2D eigenvalue weighted by atomic mass is 10.3. The van der Waals surface area contributed by atoms with E-state index in [-0.39, 0.29) is 10.8 Å². The summed E-state index contributed by atoms with van der Waals surface area (Å²) in [5, 5.41) is 10.5. The van der Waals surface area contributed by atoms with Crippen molar-refractivity contribution in [1.82, 2.24) is 0 Å². The molecule has 0 fully saturated rings. The van der Waals surface area contributed by atoms with Crippen molar-refractivity contribution in [3.8, 4) is 0 Å². The highest BCUT2D eigenvalue weighted by Crippen LogP contribution is 2.26. The second-order valence-corrected chi connectivity index (χ2v) is 7.64. The summed E-state index contributed by atoms with van der Waals surface area (Å²) in [5.74, 6) is -0.425. The molecule has 0 amide bonds. The number of benzene rings is 1. The van der Waals surface area contributed by atoms with Crippen molar-refractivity contribution in [2.24, 2.45) is 0 Å². The minimum absolute atomic E-state index is 0.108. The first-order valence-corrected chi connectivity index (χ1v) is 8.52. The Hall–Kier alpha value is -0.710. The van der Waals surface area contributed by atoms with Gasteiger partial charge in [-0.15, -0.1) is 11.3 Å². The van der Waals surface area contributed by atoms with Crippen LogP contribution in [0.25, 0.3) is 0 Å². The van der Waals surface area contributed by atoms with Gasteiger partial charge in [-0.25, -0.2) is 12.8 Å². The summed E-state index contributed by atoms with van der Waals surface area (Å²) in [7, 11) is -3.71. The van der Waals surface area contributed by atoms with Gasteiger partial charge >= 0.3 is 0 Å². The first-order valence-electron chi connectivity index (χ1n) is 5.08. The molecule has 1 aromatic carbocycles. The van der Waals surface area contributed by atoms with Gasteiger partial charge in [-0.3, -0.25) is 4.72 Å². The lowest BCUT2D eigenvalue weighted by molar-refractivity contribution is 0.282. The molecule has 0 saturated carbocycles. The van der Waals surface area contributed by atoms with Gasteiger partial charge in [0.2, 0.25) is 0 Å². The first-order chi connectivity index (χ1) is 8.92. The molecule has 0 aliphatic rings. The molecule has 4 nitrogen and oxygen atoms in total. The second kappa shape index (κ2) is 5.73. The summed E-state index contributed by atoms with van der Waals surface area (Å²) in [4.78, 5) is 0. The maximum absolute atomic E-state index is 12.9. The smallest absolute Gasteiger partial charge is 0.271 e. The van der Waals surface area contributed by atoms with Crippen LogP contribution in [0.4, 0.5) is 10.1 Å². The lowest BCUT2D eigenvalue weighted by Crippen LogP contribution is -2.12. The highest BCUT2D eigenvalue weighted by molar-refractivity contribution is 14.1. The number of anilines is 1. The number of aliphatic hydroxyl groups is 1. The van der Waals surface area contributed by atoms with Gasteiger partial charge in [-0.2, -0.15) is 0 Å². The Balaban J connectivity index is 2.30. The van der Waals surface area contributed by atoms with E-state index in [0.717, 1.165) is 11.3 Å². The van der Waals surface area contributed by atoms with Crippen LogP contribution in [0.15, 0.2) is 33.9 Å². The summed E-state index contributed by atoms with van der Waals surface area (Å²) < 4.78 is 40.1. The molecule has 0 radical (unpaired) electrons. The Morgan fingerprint density at radius 2 is 2.11 bits per heavy atom.